The Hall–Kier alpha value is -3.33. The molecule has 1 atom stereocenters. The molecular formula is C23H26N4O5. The van der Waals surface area contributed by atoms with Crippen molar-refractivity contribution in [3.05, 3.63) is 36.4 Å². The zero-order valence-corrected chi connectivity index (χ0v) is 18.0. The maximum absolute atomic E-state index is 13.0. The lowest BCUT2D eigenvalue weighted by molar-refractivity contribution is -0.126. The van der Waals surface area contributed by atoms with E-state index in [1.165, 1.54) is 4.90 Å². The van der Waals surface area contributed by atoms with Crippen molar-refractivity contribution in [2.45, 2.75) is 25.0 Å². The van der Waals surface area contributed by atoms with Gasteiger partial charge in [0.2, 0.25) is 11.8 Å². The molecule has 9 nitrogen and oxygen atoms in total. The maximum atomic E-state index is 13.0. The van der Waals surface area contributed by atoms with Gasteiger partial charge in [0.25, 0.3) is 0 Å². The van der Waals surface area contributed by atoms with E-state index in [1.807, 2.05) is 30.3 Å². The lowest BCUT2D eigenvalue weighted by atomic mass is 10.1. The molecule has 0 aliphatic carbocycles. The molecule has 0 bridgehead atoms. The highest BCUT2D eigenvalue weighted by atomic mass is 16.6. The van der Waals surface area contributed by atoms with Gasteiger partial charge in [-0.1, -0.05) is 12.1 Å². The van der Waals surface area contributed by atoms with Gasteiger partial charge in [0, 0.05) is 17.7 Å². The molecule has 168 valence electrons. The van der Waals surface area contributed by atoms with Crippen LogP contribution in [0.2, 0.25) is 0 Å². The number of hydrogen-bond acceptors (Lipinski definition) is 7. The lowest BCUT2D eigenvalue weighted by Gasteiger charge is -2.32. The van der Waals surface area contributed by atoms with Gasteiger partial charge in [-0.25, -0.2) is 9.78 Å². The lowest BCUT2D eigenvalue weighted by Crippen LogP contribution is -2.47. The number of carbonyl (C=O) groups is 2. The average molecular weight is 438 g/mol. The molecule has 1 N–H and O–H groups in total. The normalized spacial score (nSPS) is 21.2. The van der Waals surface area contributed by atoms with E-state index in [2.05, 4.69) is 10.3 Å². The van der Waals surface area contributed by atoms with Crippen LogP contribution in [0, 0.1) is 0 Å². The van der Waals surface area contributed by atoms with Gasteiger partial charge in [-0.15, -0.1) is 0 Å². The molecular weight excluding hydrogens is 412 g/mol. The molecule has 2 aromatic rings. The molecule has 5 rings (SSSR count). The number of benzene rings is 1. The highest BCUT2D eigenvalue weighted by Gasteiger charge is 2.42. The maximum Gasteiger partial charge on any atom is 0.327 e. The number of nitrogens with one attached hydrogen (secondary N) is 1. The number of para-hydroxylation sites is 1. The predicted molar refractivity (Wildman–Crippen MR) is 116 cm³/mol. The largest absolute Gasteiger partial charge is 0.486 e. The van der Waals surface area contributed by atoms with Crippen LogP contribution >= 0.6 is 0 Å². The first kappa shape index (κ1) is 20.6. The standard InChI is InChI=1S/C23H26N4O5/c1-30-20-7-3-5-18(25-20)17-4-2-6-19-22(17)32-16(14-31-19)12-27-21(28)13-26(23(27)29)15-8-10-24-11-9-15/h2-7,15-16,24H,8-14H2,1H3. The minimum absolute atomic E-state index is 0.104. The van der Waals surface area contributed by atoms with Crippen LogP contribution in [0.5, 0.6) is 17.4 Å². The molecule has 1 unspecified atom stereocenters. The van der Waals surface area contributed by atoms with Gasteiger partial charge < -0.3 is 24.4 Å². The molecule has 3 aliphatic rings. The smallest absolute Gasteiger partial charge is 0.327 e. The van der Waals surface area contributed by atoms with Crippen LogP contribution < -0.4 is 19.5 Å². The number of aromatic nitrogens is 1. The number of fused-ring (bicyclic) bond motifs is 1. The summed E-state index contributed by atoms with van der Waals surface area (Å²) in [6.07, 6.45) is 1.26. The number of rotatable bonds is 5. The average Bonchev–Trinajstić information content (AvgIpc) is 3.12. The quantitative estimate of drug-likeness (QED) is 0.713. The molecule has 0 saturated carbocycles. The molecule has 0 radical (unpaired) electrons. The number of pyridine rings is 1. The van der Waals surface area contributed by atoms with Crippen molar-refractivity contribution in [3.8, 4) is 28.6 Å². The fourth-order valence-corrected chi connectivity index (χ4v) is 4.45. The van der Waals surface area contributed by atoms with Gasteiger partial charge in [-0.3, -0.25) is 9.69 Å². The van der Waals surface area contributed by atoms with Crippen LogP contribution in [0.1, 0.15) is 12.8 Å². The molecule has 3 aliphatic heterocycles. The van der Waals surface area contributed by atoms with E-state index in [9.17, 15) is 9.59 Å². The third-order valence-corrected chi connectivity index (χ3v) is 6.12. The summed E-state index contributed by atoms with van der Waals surface area (Å²) in [7, 11) is 1.57. The fourth-order valence-electron chi connectivity index (χ4n) is 4.45. The number of ether oxygens (including phenoxy) is 3. The third kappa shape index (κ3) is 3.84. The second kappa shape index (κ2) is 8.66. The minimum Gasteiger partial charge on any atom is -0.486 e. The number of methoxy groups -OCH3 is 1. The van der Waals surface area contributed by atoms with E-state index in [0.29, 0.717) is 23.1 Å². The van der Waals surface area contributed by atoms with Gasteiger partial charge in [-0.2, -0.15) is 0 Å². The van der Waals surface area contributed by atoms with Crippen LogP contribution in [0.15, 0.2) is 36.4 Å². The van der Waals surface area contributed by atoms with E-state index >= 15 is 0 Å². The summed E-state index contributed by atoms with van der Waals surface area (Å²) in [5.41, 5.74) is 1.46. The zero-order chi connectivity index (χ0) is 22.1. The Morgan fingerprint density at radius 2 is 1.97 bits per heavy atom. The van der Waals surface area contributed by atoms with E-state index in [-0.39, 0.29) is 37.7 Å². The molecule has 4 heterocycles. The SMILES string of the molecule is COc1cccc(-c2cccc3c2OC(CN2C(=O)CN(C4CCNCC4)C2=O)CO3)n1. The summed E-state index contributed by atoms with van der Waals surface area (Å²) in [6.45, 7) is 2.26. The van der Waals surface area contributed by atoms with Crippen LogP contribution in [0.25, 0.3) is 11.3 Å². The van der Waals surface area contributed by atoms with Gasteiger partial charge in [0.15, 0.2) is 17.6 Å². The fraction of sp³-hybridized carbons (Fsp3) is 0.435. The topological polar surface area (TPSA) is 93.2 Å². The first-order chi connectivity index (χ1) is 15.6. The number of hydrogen-bond donors (Lipinski definition) is 1. The van der Waals surface area contributed by atoms with E-state index in [1.54, 1.807) is 18.1 Å². The number of carbonyl (C=O) groups excluding carboxylic acids is 2. The Labute approximate surface area is 186 Å². The molecule has 32 heavy (non-hydrogen) atoms. The van der Waals surface area contributed by atoms with E-state index in [0.717, 1.165) is 31.5 Å². The second-order valence-electron chi connectivity index (χ2n) is 8.14. The van der Waals surface area contributed by atoms with Crippen LogP contribution in [0.4, 0.5) is 4.79 Å². The highest BCUT2D eigenvalue weighted by molar-refractivity contribution is 6.02. The molecule has 0 spiro atoms. The number of piperidine rings is 1. The van der Waals surface area contributed by atoms with Crippen LogP contribution in [-0.4, -0.2) is 78.8 Å². The number of imide groups is 1. The van der Waals surface area contributed by atoms with Gasteiger partial charge in [-0.05, 0) is 44.1 Å². The number of nitrogens with zero attached hydrogens (tertiary/aromatic N) is 3. The summed E-state index contributed by atoms with van der Waals surface area (Å²) in [5, 5.41) is 3.29. The van der Waals surface area contributed by atoms with Gasteiger partial charge in [0.05, 0.1) is 19.3 Å². The summed E-state index contributed by atoms with van der Waals surface area (Å²) >= 11 is 0. The summed E-state index contributed by atoms with van der Waals surface area (Å²) in [5.74, 6) is 1.47. The van der Waals surface area contributed by atoms with Crippen molar-refractivity contribution in [2.75, 3.05) is 39.9 Å². The Balaban J connectivity index is 1.33. The molecule has 2 fully saturated rings. The van der Waals surface area contributed by atoms with Gasteiger partial charge in [0.1, 0.15) is 13.2 Å². The Morgan fingerprint density at radius 1 is 1.16 bits per heavy atom. The second-order valence-corrected chi connectivity index (χ2v) is 8.14. The van der Waals surface area contributed by atoms with Crippen LogP contribution in [0.3, 0.4) is 0 Å². The van der Waals surface area contributed by atoms with Crippen molar-refractivity contribution in [1.29, 1.82) is 0 Å². The monoisotopic (exact) mass is 438 g/mol. The third-order valence-electron chi connectivity index (χ3n) is 6.12. The number of amides is 3. The zero-order valence-electron chi connectivity index (χ0n) is 18.0. The molecule has 2 saturated heterocycles. The summed E-state index contributed by atoms with van der Waals surface area (Å²) < 4.78 is 17.4. The molecule has 1 aromatic heterocycles. The summed E-state index contributed by atoms with van der Waals surface area (Å²) in [6, 6.07) is 11.0. The number of urea groups is 1. The summed E-state index contributed by atoms with van der Waals surface area (Å²) in [4.78, 5) is 33.1. The Kier molecular flexibility index (Phi) is 5.57. The van der Waals surface area contributed by atoms with Crippen molar-refractivity contribution < 1.29 is 23.8 Å². The molecule has 9 heteroatoms. The molecule has 3 amide bonds. The Morgan fingerprint density at radius 3 is 2.78 bits per heavy atom. The van der Waals surface area contributed by atoms with Gasteiger partial charge >= 0.3 is 6.03 Å². The van der Waals surface area contributed by atoms with Crippen molar-refractivity contribution in [3.63, 3.8) is 0 Å². The van der Waals surface area contributed by atoms with Crippen molar-refractivity contribution >= 4 is 11.9 Å². The highest BCUT2D eigenvalue weighted by Crippen LogP contribution is 2.41. The van der Waals surface area contributed by atoms with Crippen molar-refractivity contribution in [2.24, 2.45) is 0 Å². The Bertz CT molecular complexity index is 1020. The molecule has 1 aromatic carbocycles. The van der Waals surface area contributed by atoms with E-state index < -0.39 is 6.10 Å². The van der Waals surface area contributed by atoms with E-state index in [4.69, 9.17) is 14.2 Å². The first-order valence-electron chi connectivity index (χ1n) is 10.9. The minimum atomic E-state index is -0.463. The van der Waals surface area contributed by atoms with Crippen molar-refractivity contribution in [1.82, 2.24) is 20.1 Å². The predicted octanol–water partition coefficient (Wildman–Crippen LogP) is 1.91. The van der Waals surface area contributed by atoms with Crippen LogP contribution in [-0.2, 0) is 4.79 Å². The first-order valence-corrected chi connectivity index (χ1v) is 10.9.